The zero-order valence-electron chi connectivity index (χ0n) is 12.3. The lowest BCUT2D eigenvalue weighted by Gasteiger charge is -2.08. The summed E-state index contributed by atoms with van der Waals surface area (Å²) in [4.78, 5) is 8.97. The maximum atomic E-state index is 5.32. The second kappa shape index (κ2) is 4.84. The maximum Gasteiger partial charge on any atom is 0.119 e. The Morgan fingerprint density at radius 1 is 0.682 bits per heavy atom. The summed E-state index contributed by atoms with van der Waals surface area (Å²) in [7, 11) is 3.34. The van der Waals surface area contributed by atoms with Gasteiger partial charge in [0.05, 0.1) is 25.6 Å². The summed E-state index contributed by atoms with van der Waals surface area (Å²) in [6.07, 6.45) is 3.78. The molecular weight excluding hydrogens is 276 g/mol. The van der Waals surface area contributed by atoms with Crippen molar-refractivity contribution >= 4 is 35.0 Å². The molecule has 22 heavy (non-hydrogen) atoms. The third-order valence-electron chi connectivity index (χ3n) is 3.94. The SMILES string of the molecule is COc1ccc2c(c1)C(=C1C=Nc3ccc(OC)cc31)C=N2. The predicted molar refractivity (Wildman–Crippen MR) is 89.1 cm³/mol. The number of aliphatic imine (C=N–C) groups is 2. The average molecular weight is 290 g/mol. The smallest absolute Gasteiger partial charge is 0.119 e. The Bertz CT molecular complexity index is 792. The minimum Gasteiger partial charge on any atom is -0.497 e. The molecule has 2 heterocycles. The van der Waals surface area contributed by atoms with Gasteiger partial charge in [0.1, 0.15) is 11.5 Å². The van der Waals surface area contributed by atoms with Gasteiger partial charge in [-0.2, -0.15) is 0 Å². The van der Waals surface area contributed by atoms with Crippen molar-refractivity contribution in [1.82, 2.24) is 0 Å². The largest absolute Gasteiger partial charge is 0.497 e. The summed E-state index contributed by atoms with van der Waals surface area (Å²) in [5.41, 5.74) is 6.16. The minimum absolute atomic E-state index is 0.822. The van der Waals surface area contributed by atoms with Crippen LogP contribution in [0.5, 0.6) is 11.5 Å². The molecule has 4 nitrogen and oxygen atoms in total. The predicted octanol–water partition coefficient (Wildman–Crippen LogP) is 4.05. The first-order valence-corrected chi connectivity index (χ1v) is 6.99. The lowest BCUT2D eigenvalue weighted by molar-refractivity contribution is 0.414. The van der Waals surface area contributed by atoms with Crippen molar-refractivity contribution in [2.24, 2.45) is 9.98 Å². The van der Waals surface area contributed by atoms with Crippen LogP contribution in [0.15, 0.2) is 46.4 Å². The highest BCUT2D eigenvalue weighted by Crippen LogP contribution is 2.42. The van der Waals surface area contributed by atoms with E-state index in [0.29, 0.717) is 0 Å². The second-order valence-corrected chi connectivity index (χ2v) is 5.11. The monoisotopic (exact) mass is 290 g/mol. The van der Waals surface area contributed by atoms with Crippen LogP contribution < -0.4 is 9.47 Å². The molecule has 2 aliphatic rings. The van der Waals surface area contributed by atoms with E-state index in [4.69, 9.17) is 9.47 Å². The van der Waals surface area contributed by atoms with Gasteiger partial charge in [0.2, 0.25) is 0 Å². The van der Waals surface area contributed by atoms with E-state index in [1.807, 2.05) is 48.8 Å². The van der Waals surface area contributed by atoms with Crippen LogP contribution in [-0.4, -0.2) is 26.6 Å². The summed E-state index contributed by atoms with van der Waals surface area (Å²) >= 11 is 0. The molecule has 4 rings (SSSR count). The molecule has 0 saturated heterocycles. The van der Waals surface area contributed by atoms with Crippen molar-refractivity contribution in [3.8, 4) is 11.5 Å². The molecule has 0 radical (unpaired) electrons. The summed E-state index contributed by atoms with van der Waals surface area (Å²) in [5, 5.41) is 0. The highest BCUT2D eigenvalue weighted by atomic mass is 16.5. The molecule has 2 aromatic carbocycles. The molecular formula is C18H14N2O2. The van der Waals surface area contributed by atoms with E-state index in [-0.39, 0.29) is 0 Å². The van der Waals surface area contributed by atoms with E-state index < -0.39 is 0 Å². The number of methoxy groups -OCH3 is 2. The van der Waals surface area contributed by atoms with Crippen LogP contribution in [0.1, 0.15) is 11.1 Å². The van der Waals surface area contributed by atoms with Crippen molar-refractivity contribution in [2.75, 3.05) is 14.2 Å². The molecule has 2 aromatic rings. The number of ether oxygens (including phenoxy) is 2. The number of allylic oxidation sites excluding steroid dienone is 2. The standard InChI is InChI=1S/C18H14N2O2/c1-21-11-3-5-17-13(7-11)15(9-19-17)16-10-20-18-6-4-12(22-2)8-14(16)18/h3-10H,1-2H3. The van der Waals surface area contributed by atoms with Crippen molar-refractivity contribution < 1.29 is 9.47 Å². The van der Waals surface area contributed by atoms with Crippen LogP contribution in [0.25, 0.3) is 11.1 Å². The van der Waals surface area contributed by atoms with Crippen LogP contribution in [0, 0.1) is 0 Å². The van der Waals surface area contributed by atoms with Gasteiger partial charge < -0.3 is 9.47 Å². The van der Waals surface area contributed by atoms with Gasteiger partial charge in [-0.05, 0) is 36.4 Å². The van der Waals surface area contributed by atoms with E-state index in [1.54, 1.807) is 14.2 Å². The van der Waals surface area contributed by atoms with Gasteiger partial charge in [-0.25, -0.2) is 0 Å². The van der Waals surface area contributed by atoms with E-state index >= 15 is 0 Å². The Morgan fingerprint density at radius 2 is 1.14 bits per heavy atom. The number of hydrogen-bond acceptors (Lipinski definition) is 4. The second-order valence-electron chi connectivity index (χ2n) is 5.11. The van der Waals surface area contributed by atoms with E-state index in [2.05, 4.69) is 9.98 Å². The Hall–Kier alpha value is -2.88. The minimum atomic E-state index is 0.822. The molecule has 108 valence electrons. The first kappa shape index (κ1) is 12.8. The van der Waals surface area contributed by atoms with Gasteiger partial charge in [0.25, 0.3) is 0 Å². The molecule has 4 heteroatoms. The van der Waals surface area contributed by atoms with Crippen LogP contribution in [-0.2, 0) is 0 Å². The lowest BCUT2D eigenvalue weighted by atomic mass is 9.96. The molecule has 0 unspecified atom stereocenters. The third-order valence-corrected chi connectivity index (χ3v) is 3.94. The fourth-order valence-electron chi connectivity index (χ4n) is 2.78. The van der Waals surface area contributed by atoms with Gasteiger partial charge in [-0.1, -0.05) is 0 Å². The van der Waals surface area contributed by atoms with Crippen LogP contribution in [0.4, 0.5) is 11.4 Å². The molecule has 2 aliphatic heterocycles. The van der Waals surface area contributed by atoms with Gasteiger partial charge in [-0.3, -0.25) is 9.98 Å². The van der Waals surface area contributed by atoms with Gasteiger partial charge in [-0.15, -0.1) is 0 Å². The summed E-state index contributed by atoms with van der Waals surface area (Å²) in [6, 6.07) is 11.8. The highest BCUT2D eigenvalue weighted by molar-refractivity contribution is 6.36. The Balaban J connectivity index is 1.91. The Labute approximate surface area is 128 Å². The van der Waals surface area contributed by atoms with Crippen LogP contribution >= 0.6 is 0 Å². The molecule has 0 atom stereocenters. The van der Waals surface area contributed by atoms with Crippen molar-refractivity contribution in [1.29, 1.82) is 0 Å². The normalized spacial score (nSPS) is 17.5. The topological polar surface area (TPSA) is 43.2 Å². The summed E-state index contributed by atoms with van der Waals surface area (Å²) < 4.78 is 10.6. The Kier molecular flexibility index (Phi) is 2.82. The van der Waals surface area contributed by atoms with E-state index in [0.717, 1.165) is 45.1 Å². The van der Waals surface area contributed by atoms with Gasteiger partial charge in [0, 0.05) is 34.7 Å². The zero-order valence-corrected chi connectivity index (χ0v) is 12.3. The van der Waals surface area contributed by atoms with E-state index in [9.17, 15) is 0 Å². The molecule has 0 aliphatic carbocycles. The lowest BCUT2D eigenvalue weighted by Crippen LogP contribution is -1.91. The van der Waals surface area contributed by atoms with Crippen LogP contribution in [0.2, 0.25) is 0 Å². The molecule has 0 spiro atoms. The number of fused-ring (bicyclic) bond motifs is 2. The molecule has 0 aromatic heterocycles. The molecule has 0 N–H and O–H groups in total. The molecule has 0 bridgehead atoms. The third kappa shape index (κ3) is 1.84. The average Bonchev–Trinajstić information content (AvgIpc) is 3.16. The first-order chi connectivity index (χ1) is 10.8. The number of rotatable bonds is 2. The van der Waals surface area contributed by atoms with Crippen molar-refractivity contribution in [3.05, 3.63) is 47.5 Å². The van der Waals surface area contributed by atoms with Gasteiger partial charge >= 0.3 is 0 Å². The molecule has 0 fully saturated rings. The Morgan fingerprint density at radius 3 is 1.55 bits per heavy atom. The fraction of sp³-hybridized carbons (Fsp3) is 0.111. The molecule has 0 amide bonds. The molecule has 0 saturated carbocycles. The quantitative estimate of drug-likeness (QED) is 0.837. The summed E-state index contributed by atoms with van der Waals surface area (Å²) in [6.45, 7) is 0. The van der Waals surface area contributed by atoms with Gasteiger partial charge in [0.15, 0.2) is 0 Å². The van der Waals surface area contributed by atoms with Crippen molar-refractivity contribution in [2.45, 2.75) is 0 Å². The number of nitrogens with zero attached hydrogens (tertiary/aromatic N) is 2. The van der Waals surface area contributed by atoms with E-state index in [1.165, 1.54) is 0 Å². The maximum absolute atomic E-state index is 5.32. The highest BCUT2D eigenvalue weighted by Gasteiger charge is 2.22. The fourth-order valence-corrected chi connectivity index (χ4v) is 2.78. The number of benzene rings is 2. The summed E-state index contributed by atoms with van der Waals surface area (Å²) in [5.74, 6) is 1.64. The zero-order chi connectivity index (χ0) is 15.1. The number of hydrogen-bond donors (Lipinski definition) is 0. The van der Waals surface area contributed by atoms with Crippen molar-refractivity contribution in [3.63, 3.8) is 0 Å². The first-order valence-electron chi connectivity index (χ1n) is 6.99. The van der Waals surface area contributed by atoms with Crippen LogP contribution in [0.3, 0.4) is 0 Å².